The van der Waals surface area contributed by atoms with E-state index in [0.717, 1.165) is 0 Å². The van der Waals surface area contributed by atoms with E-state index in [1.165, 1.54) is 11.8 Å². The van der Waals surface area contributed by atoms with Gasteiger partial charge in [0, 0.05) is 7.05 Å². The van der Waals surface area contributed by atoms with Crippen molar-refractivity contribution < 1.29 is 4.79 Å². The number of nitrogen functional groups attached to an aromatic ring is 2. The van der Waals surface area contributed by atoms with E-state index >= 15 is 0 Å². The average Bonchev–Trinajstić information content (AvgIpc) is 2.29. The van der Waals surface area contributed by atoms with Gasteiger partial charge in [-0.25, -0.2) is 9.97 Å². The maximum atomic E-state index is 11.9. The van der Waals surface area contributed by atoms with Crippen LogP contribution in [0.5, 0.6) is 0 Å². The second-order valence-electron chi connectivity index (χ2n) is 3.01. The van der Waals surface area contributed by atoms with Crippen LogP contribution in [0.15, 0.2) is 4.99 Å². The van der Waals surface area contributed by atoms with E-state index in [4.69, 9.17) is 23.1 Å². The number of aliphatic imine (C=N–C) groups is 1. The fourth-order valence-corrected chi connectivity index (χ4v) is 2.23. The minimum absolute atomic E-state index is 0.0224. The number of halogens is 2. The molecule has 98 valence electrons. The molecular weight excluding hydrogens is 391 g/mol. The molecule has 1 rings (SSSR count). The standard InChI is InChI=1S/C8H10ClIN6OS/c1-16(10)8(18-2)15-7(17)3-5(11)14-6(12)4(9)13-3/h1-2H3,(H4,11,12,14). The van der Waals surface area contributed by atoms with Gasteiger partial charge in [-0.3, -0.25) is 7.91 Å². The van der Waals surface area contributed by atoms with E-state index in [1.54, 1.807) is 16.4 Å². The number of rotatable bonds is 1. The van der Waals surface area contributed by atoms with E-state index in [9.17, 15) is 4.79 Å². The zero-order valence-corrected chi connectivity index (χ0v) is 13.2. The first-order valence-corrected chi connectivity index (χ1v) is 7.08. The van der Waals surface area contributed by atoms with Gasteiger partial charge in [0.1, 0.15) is 0 Å². The van der Waals surface area contributed by atoms with Gasteiger partial charge in [-0.05, 0) is 6.26 Å². The average molecular weight is 401 g/mol. The molecule has 0 spiro atoms. The Morgan fingerprint density at radius 3 is 2.56 bits per heavy atom. The molecule has 1 aromatic rings. The highest BCUT2D eigenvalue weighted by Crippen LogP contribution is 2.19. The largest absolute Gasteiger partial charge is 0.382 e. The number of nitrogens with zero attached hydrogens (tertiary/aromatic N) is 4. The first kappa shape index (κ1) is 15.2. The molecule has 0 unspecified atom stereocenters. The van der Waals surface area contributed by atoms with Gasteiger partial charge in [-0.15, -0.1) is 0 Å². The number of anilines is 2. The predicted molar refractivity (Wildman–Crippen MR) is 82.9 cm³/mol. The molecule has 0 saturated heterocycles. The SMILES string of the molecule is CSC(=NC(=O)c1nc(Cl)c(N)nc1N)N(C)I. The van der Waals surface area contributed by atoms with E-state index in [0.29, 0.717) is 5.17 Å². The third-order valence-electron chi connectivity index (χ3n) is 1.75. The Morgan fingerprint density at radius 1 is 1.44 bits per heavy atom. The van der Waals surface area contributed by atoms with Crippen molar-refractivity contribution in [2.45, 2.75) is 0 Å². The number of nitrogens with two attached hydrogens (primary N) is 2. The van der Waals surface area contributed by atoms with Crippen LogP contribution in [0, 0.1) is 0 Å². The van der Waals surface area contributed by atoms with Gasteiger partial charge < -0.3 is 11.5 Å². The summed E-state index contributed by atoms with van der Waals surface area (Å²) >= 11 is 9.00. The van der Waals surface area contributed by atoms with Crippen LogP contribution in [0.3, 0.4) is 0 Å². The van der Waals surface area contributed by atoms with Gasteiger partial charge >= 0.3 is 5.91 Å². The van der Waals surface area contributed by atoms with E-state index in [-0.39, 0.29) is 22.5 Å². The van der Waals surface area contributed by atoms with Crippen molar-refractivity contribution in [1.82, 2.24) is 13.1 Å². The van der Waals surface area contributed by atoms with Crippen molar-refractivity contribution >= 4 is 68.9 Å². The van der Waals surface area contributed by atoms with Gasteiger partial charge in [0.25, 0.3) is 0 Å². The summed E-state index contributed by atoms with van der Waals surface area (Å²) in [5, 5.41) is 0.436. The molecule has 0 aliphatic rings. The van der Waals surface area contributed by atoms with E-state index in [1.807, 2.05) is 22.9 Å². The molecule has 1 amide bonds. The summed E-state index contributed by atoms with van der Waals surface area (Å²) in [6, 6.07) is 0. The Morgan fingerprint density at radius 2 is 2.06 bits per heavy atom. The molecular formula is C8H10ClIN6OS. The van der Waals surface area contributed by atoms with Crippen LogP contribution in [0.25, 0.3) is 0 Å². The normalized spacial score (nSPS) is 11.4. The van der Waals surface area contributed by atoms with Crippen LogP contribution in [0.2, 0.25) is 5.15 Å². The van der Waals surface area contributed by atoms with Gasteiger partial charge in [0.15, 0.2) is 27.7 Å². The molecule has 0 aliphatic heterocycles. The van der Waals surface area contributed by atoms with Crippen LogP contribution in [-0.2, 0) is 0 Å². The fraction of sp³-hybridized carbons (Fsp3) is 0.250. The van der Waals surface area contributed by atoms with Crippen LogP contribution >= 0.6 is 46.2 Å². The summed E-state index contributed by atoms with van der Waals surface area (Å²) in [6.07, 6.45) is 1.80. The number of carbonyl (C=O) groups is 1. The summed E-state index contributed by atoms with van der Waals surface area (Å²) in [4.78, 5) is 23.3. The second kappa shape index (κ2) is 6.38. The number of hydrogen-bond donors (Lipinski definition) is 2. The number of amides is 1. The molecule has 4 N–H and O–H groups in total. The Bertz CT molecular complexity index is 509. The molecule has 10 heteroatoms. The van der Waals surface area contributed by atoms with Crippen molar-refractivity contribution in [3.8, 4) is 0 Å². The third kappa shape index (κ3) is 3.59. The zero-order valence-electron chi connectivity index (χ0n) is 9.52. The van der Waals surface area contributed by atoms with Gasteiger partial charge in [0.05, 0.1) is 22.9 Å². The Labute approximate surface area is 127 Å². The number of carbonyl (C=O) groups excluding carboxylic acids is 1. The van der Waals surface area contributed by atoms with Crippen LogP contribution in [-0.4, -0.2) is 37.5 Å². The smallest absolute Gasteiger partial charge is 0.301 e. The van der Waals surface area contributed by atoms with Crippen molar-refractivity contribution in [1.29, 1.82) is 0 Å². The maximum Gasteiger partial charge on any atom is 0.301 e. The monoisotopic (exact) mass is 400 g/mol. The minimum Gasteiger partial charge on any atom is -0.382 e. The quantitative estimate of drug-likeness (QED) is 0.317. The lowest BCUT2D eigenvalue weighted by molar-refractivity contribution is 0.0998. The highest BCUT2D eigenvalue weighted by atomic mass is 127. The van der Waals surface area contributed by atoms with Crippen molar-refractivity contribution in [2.24, 2.45) is 4.99 Å². The molecule has 7 nitrogen and oxygen atoms in total. The molecule has 0 bridgehead atoms. The summed E-state index contributed by atoms with van der Waals surface area (Å²) in [7, 11) is 1.76. The van der Waals surface area contributed by atoms with E-state index in [2.05, 4.69) is 15.0 Å². The number of amidine groups is 1. The summed E-state index contributed by atoms with van der Waals surface area (Å²) < 4.78 is 1.67. The summed E-state index contributed by atoms with van der Waals surface area (Å²) in [5.41, 5.74) is 10.9. The molecule has 1 heterocycles. The third-order valence-corrected chi connectivity index (χ3v) is 3.54. The summed E-state index contributed by atoms with van der Waals surface area (Å²) in [6.45, 7) is 0. The molecule has 0 radical (unpaired) electrons. The Hall–Kier alpha value is -0.810. The highest BCUT2D eigenvalue weighted by molar-refractivity contribution is 14.1. The topological polar surface area (TPSA) is 110 Å². The molecule has 0 atom stereocenters. The van der Waals surface area contributed by atoms with Crippen LogP contribution < -0.4 is 11.5 Å². The number of thioether (sulfide) groups is 1. The van der Waals surface area contributed by atoms with Gasteiger partial charge in [-0.2, -0.15) is 4.99 Å². The second-order valence-corrected chi connectivity index (χ2v) is 5.59. The predicted octanol–water partition coefficient (Wildman–Crippen LogP) is 1.44. The Balaban J connectivity index is 3.16. The molecule has 0 fully saturated rings. The molecule has 1 aromatic heterocycles. The lowest BCUT2D eigenvalue weighted by atomic mass is 10.4. The first-order valence-electron chi connectivity index (χ1n) is 4.51. The lowest BCUT2D eigenvalue weighted by Gasteiger charge is -2.10. The summed E-state index contributed by atoms with van der Waals surface area (Å²) in [5.74, 6) is -0.734. The first-order chi connectivity index (χ1) is 8.36. The highest BCUT2D eigenvalue weighted by Gasteiger charge is 2.16. The molecule has 0 aromatic carbocycles. The van der Waals surface area contributed by atoms with Crippen LogP contribution in [0.1, 0.15) is 10.5 Å². The lowest BCUT2D eigenvalue weighted by Crippen LogP contribution is -2.16. The molecule has 0 aliphatic carbocycles. The zero-order chi connectivity index (χ0) is 13.9. The Kier molecular flexibility index (Phi) is 5.41. The van der Waals surface area contributed by atoms with Gasteiger partial charge in [0.2, 0.25) is 0 Å². The van der Waals surface area contributed by atoms with E-state index < -0.39 is 5.91 Å². The fourth-order valence-electron chi connectivity index (χ4n) is 0.979. The molecule has 0 saturated carbocycles. The minimum atomic E-state index is -0.616. The molecule has 18 heavy (non-hydrogen) atoms. The van der Waals surface area contributed by atoms with Gasteiger partial charge in [-0.1, -0.05) is 23.4 Å². The number of hydrogen-bond acceptors (Lipinski definition) is 6. The number of aromatic nitrogens is 2. The van der Waals surface area contributed by atoms with Crippen molar-refractivity contribution in [3.05, 3.63) is 10.8 Å². The van der Waals surface area contributed by atoms with Crippen LogP contribution in [0.4, 0.5) is 11.6 Å². The van der Waals surface area contributed by atoms with Crippen molar-refractivity contribution in [3.63, 3.8) is 0 Å². The maximum absolute atomic E-state index is 11.9. The van der Waals surface area contributed by atoms with Crippen molar-refractivity contribution in [2.75, 3.05) is 24.8 Å².